The van der Waals surface area contributed by atoms with Gasteiger partial charge in [-0.1, -0.05) is 6.07 Å². The molecule has 1 heterocycles. The van der Waals surface area contributed by atoms with Crippen LogP contribution in [0, 0.1) is 0 Å². The van der Waals surface area contributed by atoms with E-state index < -0.39 is 30.1 Å². The molecule has 0 atom stereocenters. The topological polar surface area (TPSA) is 22.0 Å². The average Bonchev–Trinajstić information content (AvgIpc) is 2.76. The molecule has 8 heteroatoms. The third-order valence-corrected chi connectivity index (χ3v) is 3.99. The number of carbonyl (C=O) groups excluding carboxylic acids is 1. The van der Waals surface area contributed by atoms with Crippen LogP contribution in [0.15, 0.2) is 36.4 Å². The number of aromatic nitrogens is 1. The Bertz CT molecular complexity index is 981. The summed E-state index contributed by atoms with van der Waals surface area (Å²) in [6, 6.07) is 7.61. The summed E-state index contributed by atoms with van der Waals surface area (Å²) in [6.45, 7) is 0. The first-order valence-corrected chi connectivity index (χ1v) is 7.17. The zero-order valence-corrected chi connectivity index (χ0v) is 12.8. The van der Waals surface area contributed by atoms with Gasteiger partial charge in [0.15, 0.2) is 0 Å². The van der Waals surface area contributed by atoms with Gasteiger partial charge in [-0.25, -0.2) is 0 Å². The van der Waals surface area contributed by atoms with E-state index in [4.69, 9.17) is 0 Å². The number of hydrogen-bond acceptors (Lipinski definition) is 1. The molecule has 0 amide bonds. The van der Waals surface area contributed by atoms with Gasteiger partial charge in [0, 0.05) is 34.4 Å². The number of carbonyl (C=O) groups is 1. The second kappa shape index (κ2) is 5.50. The first-order valence-electron chi connectivity index (χ1n) is 7.17. The fourth-order valence-electron chi connectivity index (χ4n) is 2.91. The van der Waals surface area contributed by atoms with Crippen LogP contribution in [0.5, 0.6) is 0 Å². The Morgan fingerprint density at radius 2 is 1.48 bits per heavy atom. The molecule has 0 fully saturated rings. The molecule has 0 spiro atoms. The van der Waals surface area contributed by atoms with Crippen LogP contribution in [0.1, 0.15) is 15.9 Å². The summed E-state index contributed by atoms with van der Waals surface area (Å²) < 4.78 is 77.3. The van der Waals surface area contributed by atoms with E-state index in [9.17, 15) is 31.1 Å². The normalized spacial score (nSPS) is 12.9. The largest absolute Gasteiger partial charge is 0.454 e. The van der Waals surface area contributed by atoms with Crippen molar-refractivity contribution in [1.29, 1.82) is 0 Å². The molecule has 0 unspecified atom stereocenters. The first kappa shape index (κ1) is 17.3. The molecule has 0 saturated heterocycles. The summed E-state index contributed by atoms with van der Waals surface area (Å²) in [7, 11) is 1.65. The van der Waals surface area contributed by atoms with Crippen molar-refractivity contribution in [2.45, 2.75) is 18.8 Å². The van der Waals surface area contributed by atoms with Crippen molar-refractivity contribution < 1.29 is 31.1 Å². The molecule has 0 radical (unpaired) electrons. The molecule has 0 aliphatic rings. The number of hydrogen-bond donors (Lipinski definition) is 0. The fraction of sp³-hybridized carbons (Fsp3) is 0.235. The highest BCUT2D eigenvalue weighted by Gasteiger charge is 2.39. The Balaban J connectivity index is 2.22. The zero-order valence-electron chi connectivity index (χ0n) is 12.8. The van der Waals surface area contributed by atoms with Gasteiger partial charge in [-0.15, -0.1) is 0 Å². The number of Topliss-reactive ketones (excluding diaryl/α,β-unsaturated/α-hetero) is 1. The van der Waals surface area contributed by atoms with E-state index in [0.717, 1.165) is 12.1 Å². The van der Waals surface area contributed by atoms with Crippen molar-refractivity contribution in [3.8, 4) is 0 Å². The third kappa shape index (κ3) is 3.20. The van der Waals surface area contributed by atoms with Crippen molar-refractivity contribution in [2.24, 2.45) is 7.05 Å². The third-order valence-electron chi connectivity index (χ3n) is 3.99. The molecular formula is C17H11F6NO. The number of benzene rings is 2. The molecule has 0 saturated carbocycles. The van der Waals surface area contributed by atoms with E-state index in [1.165, 1.54) is 24.3 Å². The molecule has 0 aliphatic carbocycles. The molecule has 0 N–H and O–H groups in total. The van der Waals surface area contributed by atoms with Crippen molar-refractivity contribution in [3.63, 3.8) is 0 Å². The van der Waals surface area contributed by atoms with Crippen molar-refractivity contribution in [2.75, 3.05) is 0 Å². The molecule has 2 aromatic carbocycles. The van der Waals surface area contributed by atoms with Gasteiger partial charge in [0.2, 0.25) is 0 Å². The minimum atomic E-state index is -5.01. The van der Waals surface area contributed by atoms with Crippen LogP contribution < -0.4 is 0 Å². The molecule has 2 nitrogen and oxygen atoms in total. The van der Waals surface area contributed by atoms with Crippen molar-refractivity contribution in [3.05, 3.63) is 47.5 Å². The number of fused-ring (bicyclic) bond motifs is 3. The summed E-state index contributed by atoms with van der Waals surface area (Å²) in [5, 5.41) is 0.674. The predicted octanol–water partition coefficient (Wildman–Crippen LogP) is 5.18. The first-order chi connectivity index (χ1) is 11.5. The smallest absolute Gasteiger partial charge is 0.344 e. The molecule has 0 bridgehead atoms. The number of halogens is 6. The van der Waals surface area contributed by atoms with E-state index in [-0.39, 0.29) is 5.56 Å². The molecule has 0 aliphatic heterocycles. The summed E-state index contributed by atoms with van der Waals surface area (Å²) in [5.74, 6) is -1.99. The van der Waals surface area contributed by atoms with Gasteiger partial charge in [-0.05, 0) is 35.9 Å². The summed E-state index contributed by atoms with van der Waals surface area (Å²) in [6.07, 6.45) is -10.5. The SMILES string of the molecule is Cn1c2ccc(CC(F)(F)F)cc2c2cc(C(=O)C(F)(F)F)ccc21. The lowest BCUT2D eigenvalue weighted by molar-refractivity contribution is -0.127. The summed E-state index contributed by atoms with van der Waals surface area (Å²) in [5.41, 5.74) is 0.546. The van der Waals surface area contributed by atoms with Crippen LogP contribution in [0.25, 0.3) is 21.8 Å². The summed E-state index contributed by atoms with van der Waals surface area (Å²) >= 11 is 0. The van der Waals surface area contributed by atoms with Gasteiger partial charge in [0.1, 0.15) is 0 Å². The minimum Gasteiger partial charge on any atom is -0.344 e. The predicted molar refractivity (Wildman–Crippen MR) is 80.6 cm³/mol. The molecular weight excluding hydrogens is 348 g/mol. The molecule has 1 aromatic heterocycles. The van der Waals surface area contributed by atoms with Crippen molar-refractivity contribution >= 4 is 27.6 Å². The lowest BCUT2D eigenvalue weighted by atomic mass is 10.0. The van der Waals surface area contributed by atoms with Crippen LogP contribution >= 0.6 is 0 Å². The van der Waals surface area contributed by atoms with Crippen LogP contribution in [-0.2, 0) is 13.5 Å². The Morgan fingerprint density at radius 3 is 2.04 bits per heavy atom. The standard InChI is InChI=1S/C17H11F6NO/c1-24-13-4-2-9(8-16(18,19)20)6-11(13)12-7-10(3-5-14(12)24)15(25)17(21,22)23/h2-7H,8H2,1H3. The molecule has 132 valence electrons. The second-order valence-corrected chi connectivity index (χ2v) is 5.76. The number of ketones is 1. The van der Waals surface area contributed by atoms with Crippen LogP contribution in [-0.4, -0.2) is 22.7 Å². The number of nitrogens with zero attached hydrogens (tertiary/aromatic N) is 1. The maximum Gasteiger partial charge on any atom is 0.454 e. The van der Waals surface area contributed by atoms with E-state index >= 15 is 0 Å². The van der Waals surface area contributed by atoms with E-state index in [0.29, 0.717) is 21.8 Å². The van der Waals surface area contributed by atoms with Crippen LogP contribution in [0.2, 0.25) is 0 Å². The Labute approximate surface area is 137 Å². The minimum absolute atomic E-state index is 0.0000472. The molecule has 3 aromatic rings. The van der Waals surface area contributed by atoms with E-state index in [1.54, 1.807) is 11.6 Å². The quantitative estimate of drug-likeness (QED) is 0.456. The highest BCUT2D eigenvalue weighted by molar-refractivity contribution is 6.11. The van der Waals surface area contributed by atoms with Gasteiger partial charge in [0.25, 0.3) is 5.78 Å². The Kier molecular flexibility index (Phi) is 3.81. The van der Waals surface area contributed by atoms with Gasteiger partial charge < -0.3 is 4.57 Å². The second-order valence-electron chi connectivity index (χ2n) is 5.76. The Morgan fingerprint density at radius 1 is 0.920 bits per heavy atom. The number of rotatable bonds is 2. The highest BCUT2D eigenvalue weighted by Crippen LogP contribution is 2.32. The van der Waals surface area contributed by atoms with Crippen LogP contribution in [0.3, 0.4) is 0 Å². The lowest BCUT2D eigenvalue weighted by Crippen LogP contribution is -2.22. The Hall–Kier alpha value is -2.51. The monoisotopic (exact) mass is 359 g/mol. The highest BCUT2D eigenvalue weighted by atomic mass is 19.4. The van der Waals surface area contributed by atoms with E-state index in [1.807, 2.05) is 0 Å². The molecule has 25 heavy (non-hydrogen) atoms. The average molecular weight is 359 g/mol. The van der Waals surface area contributed by atoms with Gasteiger partial charge in [-0.2, -0.15) is 26.3 Å². The number of alkyl halides is 6. The van der Waals surface area contributed by atoms with E-state index in [2.05, 4.69) is 0 Å². The van der Waals surface area contributed by atoms with Crippen LogP contribution in [0.4, 0.5) is 26.3 Å². The lowest BCUT2D eigenvalue weighted by Gasteiger charge is -2.07. The number of aryl methyl sites for hydroxylation is 1. The van der Waals surface area contributed by atoms with Gasteiger partial charge in [-0.3, -0.25) is 4.79 Å². The zero-order chi connectivity index (χ0) is 18.6. The van der Waals surface area contributed by atoms with Gasteiger partial charge in [0.05, 0.1) is 6.42 Å². The maximum atomic E-state index is 12.6. The summed E-state index contributed by atoms with van der Waals surface area (Å²) in [4.78, 5) is 11.4. The van der Waals surface area contributed by atoms with Crippen molar-refractivity contribution in [1.82, 2.24) is 4.57 Å². The fourth-order valence-corrected chi connectivity index (χ4v) is 2.91. The maximum absolute atomic E-state index is 12.6. The van der Waals surface area contributed by atoms with Gasteiger partial charge >= 0.3 is 12.4 Å². The molecule has 3 rings (SSSR count).